The van der Waals surface area contributed by atoms with Gasteiger partial charge in [0.2, 0.25) is 14.9 Å². The molecule has 162 valence electrons. The zero-order valence-electron chi connectivity index (χ0n) is 17.2. The highest BCUT2D eigenvalue weighted by Crippen LogP contribution is 2.32. The largest absolute Gasteiger partial charge is 0.478 e. The number of hydrogen-bond acceptors (Lipinski definition) is 5. The molecule has 0 saturated carbocycles. The molecule has 0 unspecified atom stereocenters. The van der Waals surface area contributed by atoms with Crippen LogP contribution in [0, 0.1) is 19.7 Å². The second kappa shape index (κ2) is 8.01. The summed E-state index contributed by atoms with van der Waals surface area (Å²) in [5.74, 6) is -1.57. The highest BCUT2D eigenvalue weighted by atomic mass is 32.2. The molecule has 4 aromatic rings. The topological polar surface area (TPSA) is 102 Å². The molecule has 3 aromatic carbocycles. The number of carboxylic acids is 1. The van der Waals surface area contributed by atoms with Crippen molar-refractivity contribution < 1.29 is 22.7 Å². The summed E-state index contributed by atoms with van der Waals surface area (Å²) < 4.78 is 41.8. The monoisotopic (exact) mass is 451 g/mol. The van der Waals surface area contributed by atoms with Crippen molar-refractivity contribution in [2.24, 2.45) is 0 Å². The minimum Gasteiger partial charge on any atom is -0.478 e. The second-order valence-corrected chi connectivity index (χ2v) is 9.13. The summed E-state index contributed by atoms with van der Waals surface area (Å²) in [7, 11) is -4.06. The third-order valence-corrected chi connectivity index (χ3v) is 6.82. The maximum absolute atomic E-state index is 13.5. The van der Waals surface area contributed by atoms with Crippen LogP contribution in [0.3, 0.4) is 0 Å². The van der Waals surface area contributed by atoms with Gasteiger partial charge < -0.3 is 5.11 Å². The fraction of sp³-hybridized carbons (Fsp3) is 0.0870. The minimum atomic E-state index is -4.06. The molecule has 1 aromatic heterocycles. The highest BCUT2D eigenvalue weighted by Gasteiger charge is 2.29. The number of halogens is 1. The Hall–Kier alpha value is -3.85. The van der Waals surface area contributed by atoms with Gasteiger partial charge in [0.15, 0.2) is 0 Å². The first-order chi connectivity index (χ1) is 15.2. The molecule has 0 atom stereocenters. The molecule has 4 rings (SSSR count). The van der Waals surface area contributed by atoms with Crippen LogP contribution >= 0.6 is 0 Å². The zero-order valence-corrected chi connectivity index (χ0v) is 18.0. The summed E-state index contributed by atoms with van der Waals surface area (Å²) in [4.78, 5) is 11.2. The van der Waals surface area contributed by atoms with E-state index in [9.17, 15) is 17.6 Å². The Balaban J connectivity index is 1.94. The molecule has 1 N–H and O–H groups in total. The van der Waals surface area contributed by atoms with E-state index in [0.29, 0.717) is 11.3 Å². The number of nitrogens with zero attached hydrogens (tertiary/aromatic N) is 3. The number of sulfone groups is 1. The van der Waals surface area contributed by atoms with Crippen LogP contribution in [-0.4, -0.2) is 34.5 Å². The van der Waals surface area contributed by atoms with E-state index in [1.807, 2.05) is 13.8 Å². The lowest BCUT2D eigenvalue weighted by Crippen LogP contribution is -2.07. The molecule has 0 aliphatic rings. The molecule has 0 fully saturated rings. The van der Waals surface area contributed by atoms with Crippen molar-refractivity contribution in [1.82, 2.24) is 15.0 Å². The number of benzene rings is 3. The highest BCUT2D eigenvalue weighted by molar-refractivity contribution is 7.91. The van der Waals surface area contributed by atoms with E-state index in [-0.39, 0.29) is 21.2 Å². The van der Waals surface area contributed by atoms with E-state index in [4.69, 9.17) is 5.11 Å². The predicted octanol–water partition coefficient (Wildman–Crippen LogP) is 4.22. The average Bonchev–Trinajstić information content (AvgIpc) is 3.22. The van der Waals surface area contributed by atoms with Crippen molar-refractivity contribution in [3.8, 4) is 16.9 Å². The molecular weight excluding hydrogens is 433 g/mol. The van der Waals surface area contributed by atoms with Crippen LogP contribution < -0.4 is 0 Å². The molecule has 0 aliphatic carbocycles. The van der Waals surface area contributed by atoms with Crippen molar-refractivity contribution in [2.45, 2.75) is 23.8 Å². The molecule has 0 spiro atoms. The summed E-state index contributed by atoms with van der Waals surface area (Å²) in [6, 6.07) is 15.9. The van der Waals surface area contributed by atoms with Crippen LogP contribution in [0.4, 0.5) is 4.39 Å². The molecule has 0 amide bonds. The van der Waals surface area contributed by atoms with Crippen molar-refractivity contribution in [3.05, 3.63) is 89.2 Å². The molecule has 9 heteroatoms. The Labute approximate surface area is 183 Å². The standard InChI is InChI=1S/C23H18FN3O4S/c1-14-3-12-20(13-15(14)2)32(30,31)22-21(16-4-8-18(24)9-5-16)27(26-25-22)19-10-6-17(7-11-19)23(28)29/h3-13H,1-2H3,(H,28,29). The van der Waals surface area contributed by atoms with Gasteiger partial charge in [0.1, 0.15) is 11.5 Å². The minimum absolute atomic E-state index is 0.0669. The number of aryl methyl sites for hydroxylation is 2. The number of hydrogen-bond donors (Lipinski definition) is 1. The van der Waals surface area contributed by atoms with Gasteiger partial charge in [-0.1, -0.05) is 11.3 Å². The Morgan fingerprint density at radius 3 is 2.19 bits per heavy atom. The van der Waals surface area contributed by atoms with Gasteiger partial charge in [-0.15, -0.1) is 5.10 Å². The summed E-state index contributed by atoms with van der Waals surface area (Å²) >= 11 is 0. The Morgan fingerprint density at radius 1 is 0.938 bits per heavy atom. The Bertz CT molecular complexity index is 1430. The van der Waals surface area contributed by atoms with Crippen LogP contribution in [0.5, 0.6) is 0 Å². The smallest absolute Gasteiger partial charge is 0.335 e. The number of carbonyl (C=O) groups is 1. The van der Waals surface area contributed by atoms with Crippen LogP contribution in [0.2, 0.25) is 0 Å². The summed E-state index contributed by atoms with van der Waals surface area (Å²) in [5, 5.41) is 16.9. The lowest BCUT2D eigenvalue weighted by Gasteiger charge is -2.10. The Morgan fingerprint density at radius 2 is 1.59 bits per heavy atom. The quantitative estimate of drug-likeness (QED) is 0.487. The molecule has 32 heavy (non-hydrogen) atoms. The fourth-order valence-electron chi connectivity index (χ4n) is 3.22. The van der Waals surface area contributed by atoms with Gasteiger partial charge in [0.05, 0.1) is 16.1 Å². The third kappa shape index (κ3) is 3.78. The van der Waals surface area contributed by atoms with Crippen molar-refractivity contribution in [2.75, 3.05) is 0 Å². The van der Waals surface area contributed by atoms with Gasteiger partial charge >= 0.3 is 5.97 Å². The molecule has 1 heterocycles. The Kier molecular flexibility index (Phi) is 5.35. The normalized spacial score (nSPS) is 11.5. The van der Waals surface area contributed by atoms with E-state index < -0.39 is 21.6 Å². The molecule has 0 radical (unpaired) electrons. The molecular formula is C23H18FN3O4S. The first-order valence-corrected chi connectivity index (χ1v) is 11.0. The van der Waals surface area contributed by atoms with Crippen molar-refractivity contribution in [3.63, 3.8) is 0 Å². The van der Waals surface area contributed by atoms with Gasteiger partial charge in [0.25, 0.3) is 0 Å². The van der Waals surface area contributed by atoms with E-state index >= 15 is 0 Å². The first kappa shape index (κ1) is 21.4. The van der Waals surface area contributed by atoms with Crippen LogP contribution in [0.25, 0.3) is 16.9 Å². The van der Waals surface area contributed by atoms with Gasteiger partial charge in [-0.2, -0.15) is 0 Å². The third-order valence-electron chi connectivity index (χ3n) is 5.16. The van der Waals surface area contributed by atoms with E-state index in [1.165, 1.54) is 59.3 Å². The molecule has 0 saturated heterocycles. The van der Waals surface area contributed by atoms with Gasteiger partial charge in [-0.05, 0) is 85.6 Å². The average molecular weight is 451 g/mol. The van der Waals surface area contributed by atoms with E-state index in [2.05, 4.69) is 10.3 Å². The summed E-state index contributed by atoms with van der Waals surface area (Å²) in [6.07, 6.45) is 0. The van der Waals surface area contributed by atoms with Crippen LogP contribution in [0.15, 0.2) is 76.7 Å². The van der Waals surface area contributed by atoms with Crippen molar-refractivity contribution in [1.29, 1.82) is 0 Å². The molecule has 0 bridgehead atoms. The fourth-order valence-corrected chi connectivity index (χ4v) is 4.63. The van der Waals surface area contributed by atoms with Crippen molar-refractivity contribution >= 4 is 15.8 Å². The van der Waals surface area contributed by atoms with Crippen LogP contribution in [0.1, 0.15) is 21.5 Å². The van der Waals surface area contributed by atoms with Gasteiger partial charge in [-0.3, -0.25) is 0 Å². The van der Waals surface area contributed by atoms with E-state index in [1.54, 1.807) is 12.1 Å². The number of carboxylic acid groups (broad SMARTS) is 1. The maximum atomic E-state index is 13.5. The van der Waals surface area contributed by atoms with E-state index in [0.717, 1.165) is 11.1 Å². The SMILES string of the molecule is Cc1ccc(S(=O)(=O)c2nnn(-c3ccc(C(=O)O)cc3)c2-c2ccc(F)cc2)cc1C. The molecule has 0 aliphatic heterocycles. The predicted molar refractivity (Wildman–Crippen MR) is 115 cm³/mol. The van der Waals surface area contributed by atoms with Gasteiger partial charge in [-0.25, -0.2) is 22.3 Å². The molecule has 7 nitrogen and oxygen atoms in total. The van der Waals surface area contributed by atoms with Crippen LogP contribution in [-0.2, 0) is 9.84 Å². The maximum Gasteiger partial charge on any atom is 0.335 e. The van der Waals surface area contributed by atoms with Gasteiger partial charge in [0, 0.05) is 5.56 Å². The summed E-state index contributed by atoms with van der Waals surface area (Å²) in [5.41, 5.74) is 2.77. The lowest BCUT2D eigenvalue weighted by molar-refractivity contribution is 0.0697. The number of aromatic nitrogens is 3. The second-order valence-electron chi connectivity index (χ2n) is 7.26. The zero-order chi connectivity index (χ0) is 23.0. The first-order valence-electron chi connectivity index (χ1n) is 9.56. The number of aromatic carboxylic acids is 1. The number of rotatable bonds is 5. The summed E-state index contributed by atoms with van der Waals surface area (Å²) in [6.45, 7) is 3.70. The lowest BCUT2D eigenvalue weighted by atomic mass is 10.1.